The van der Waals surface area contributed by atoms with Crippen molar-refractivity contribution in [2.75, 3.05) is 25.8 Å². The molecule has 0 saturated carbocycles. The van der Waals surface area contributed by atoms with Crippen molar-refractivity contribution in [3.8, 4) is 11.5 Å². The first-order valence-corrected chi connectivity index (χ1v) is 9.06. The van der Waals surface area contributed by atoms with Gasteiger partial charge < -0.3 is 14.8 Å². The van der Waals surface area contributed by atoms with Gasteiger partial charge in [0.05, 0.1) is 29.8 Å². The molecule has 0 aromatic heterocycles. The highest BCUT2D eigenvalue weighted by Gasteiger charge is 2.14. The van der Waals surface area contributed by atoms with Gasteiger partial charge in [0.2, 0.25) is 0 Å². The van der Waals surface area contributed by atoms with Crippen LogP contribution in [0.1, 0.15) is 10.4 Å². The SMILES string of the molecule is COc1cc(Cl)c(NC(=O)c2ccc(S(C)(=O)=O)cc2)cc1OC. The standard InChI is InChI=1S/C16H16ClNO5S/c1-22-14-8-12(17)13(9-15(14)23-2)18-16(19)10-4-6-11(7-5-10)24(3,20)21/h4-9H,1-3H3,(H,18,19). The van der Waals surface area contributed by atoms with Gasteiger partial charge in [-0.05, 0) is 24.3 Å². The van der Waals surface area contributed by atoms with Crippen molar-refractivity contribution in [1.29, 1.82) is 0 Å². The molecule has 2 rings (SSSR count). The smallest absolute Gasteiger partial charge is 0.255 e. The molecule has 0 bridgehead atoms. The predicted molar refractivity (Wildman–Crippen MR) is 92.1 cm³/mol. The van der Waals surface area contributed by atoms with Crippen LogP contribution in [0.5, 0.6) is 11.5 Å². The maximum atomic E-state index is 12.3. The number of methoxy groups -OCH3 is 2. The number of rotatable bonds is 5. The summed E-state index contributed by atoms with van der Waals surface area (Å²) in [5.41, 5.74) is 0.653. The number of amides is 1. The Labute approximate surface area is 145 Å². The van der Waals surface area contributed by atoms with Gasteiger partial charge in [-0.3, -0.25) is 4.79 Å². The molecule has 0 spiro atoms. The van der Waals surface area contributed by atoms with Crippen LogP contribution in [0, 0.1) is 0 Å². The minimum absolute atomic E-state index is 0.142. The molecule has 6 nitrogen and oxygen atoms in total. The minimum atomic E-state index is -3.31. The number of carbonyl (C=O) groups is 1. The van der Waals surface area contributed by atoms with Crippen LogP contribution in [-0.2, 0) is 9.84 Å². The number of halogens is 1. The molecule has 0 fully saturated rings. The number of hydrogen-bond donors (Lipinski definition) is 1. The van der Waals surface area contributed by atoms with E-state index in [1.54, 1.807) is 6.07 Å². The molecule has 8 heteroatoms. The number of sulfone groups is 1. The molecule has 2 aromatic carbocycles. The summed E-state index contributed by atoms with van der Waals surface area (Å²) in [6.07, 6.45) is 1.10. The van der Waals surface area contributed by atoms with Crippen molar-refractivity contribution in [3.05, 3.63) is 47.0 Å². The van der Waals surface area contributed by atoms with Gasteiger partial charge in [-0.2, -0.15) is 0 Å². The molecule has 1 amide bonds. The lowest BCUT2D eigenvalue weighted by atomic mass is 10.2. The van der Waals surface area contributed by atoms with Gasteiger partial charge in [0.15, 0.2) is 21.3 Å². The van der Waals surface area contributed by atoms with Gasteiger partial charge in [-0.15, -0.1) is 0 Å². The normalized spacial score (nSPS) is 11.0. The average molecular weight is 370 g/mol. The van der Waals surface area contributed by atoms with Crippen LogP contribution in [0.25, 0.3) is 0 Å². The zero-order valence-corrected chi connectivity index (χ0v) is 14.9. The zero-order valence-electron chi connectivity index (χ0n) is 13.3. The molecule has 2 aromatic rings. The quantitative estimate of drug-likeness (QED) is 0.876. The van der Waals surface area contributed by atoms with Crippen molar-refractivity contribution in [1.82, 2.24) is 0 Å². The Balaban J connectivity index is 2.26. The van der Waals surface area contributed by atoms with Crippen LogP contribution >= 0.6 is 11.6 Å². The molecule has 0 radical (unpaired) electrons. The van der Waals surface area contributed by atoms with E-state index in [4.69, 9.17) is 21.1 Å². The molecule has 24 heavy (non-hydrogen) atoms. The predicted octanol–water partition coefficient (Wildman–Crippen LogP) is 3.01. The third kappa shape index (κ3) is 3.98. The first-order valence-electron chi connectivity index (χ1n) is 6.79. The van der Waals surface area contributed by atoms with Crippen molar-refractivity contribution < 1.29 is 22.7 Å². The Kier molecular flexibility index (Phi) is 5.36. The molecule has 0 unspecified atom stereocenters. The summed E-state index contributed by atoms with van der Waals surface area (Å²) in [6.45, 7) is 0. The van der Waals surface area contributed by atoms with Crippen LogP contribution in [0.4, 0.5) is 5.69 Å². The van der Waals surface area contributed by atoms with Crippen molar-refractivity contribution in [3.63, 3.8) is 0 Å². The lowest BCUT2D eigenvalue weighted by Gasteiger charge is -2.12. The molecule has 0 atom stereocenters. The summed E-state index contributed by atoms with van der Waals surface area (Å²) in [4.78, 5) is 12.4. The maximum Gasteiger partial charge on any atom is 0.255 e. The molecular formula is C16H16ClNO5S. The highest BCUT2D eigenvalue weighted by Crippen LogP contribution is 2.36. The summed E-state index contributed by atoms with van der Waals surface area (Å²) in [5, 5.41) is 2.94. The topological polar surface area (TPSA) is 81.7 Å². The third-order valence-electron chi connectivity index (χ3n) is 3.27. The van der Waals surface area contributed by atoms with Crippen LogP contribution in [0.15, 0.2) is 41.3 Å². The van der Waals surface area contributed by atoms with Gasteiger partial charge in [0.25, 0.3) is 5.91 Å². The summed E-state index contributed by atoms with van der Waals surface area (Å²) in [6, 6.07) is 8.69. The first-order chi connectivity index (χ1) is 11.3. The van der Waals surface area contributed by atoms with Crippen molar-refractivity contribution >= 4 is 33.0 Å². The Morgan fingerprint density at radius 3 is 2.08 bits per heavy atom. The third-order valence-corrected chi connectivity index (χ3v) is 4.71. The highest BCUT2D eigenvalue weighted by atomic mass is 35.5. The number of ether oxygens (including phenoxy) is 2. The molecule has 0 saturated heterocycles. The van der Waals surface area contributed by atoms with E-state index in [9.17, 15) is 13.2 Å². The first kappa shape index (κ1) is 18.1. The number of anilines is 1. The summed E-state index contributed by atoms with van der Waals surface area (Å²) in [5.74, 6) is 0.437. The Hall–Kier alpha value is -2.25. The number of hydrogen-bond acceptors (Lipinski definition) is 5. The van der Waals surface area contributed by atoms with Gasteiger partial charge in [-0.1, -0.05) is 11.6 Å². The fourth-order valence-corrected chi connectivity index (χ4v) is 2.83. The van der Waals surface area contributed by atoms with Gasteiger partial charge in [-0.25, -0.2) is 8.42 Å². The minimum Gasteiger partial charge on any atom is -0.493 e. The monoisotopic (exact) mass is 369 g/mol. The molecule has 0 aliphatic heterocycles. The molecule has 1 N–H and O–H groups in total. The lowest BCUT2D eigenvalue weighted by molar-refractivity contribution is 0.102. The highest BCUT2D eigenvalue weighted by molar-refractivity contribution is 7.90. The molecule has 0 heterocycles. The van der Waals surface area contributed by atoms with Gasteiger partial charge in [0.1, 0.15) is 0 Å². The second kappa shape index (κ2) is 7.11. The summed E-state index contributed by atoms with van der Waals surface area (Å²) in [7, 11) is -0.355. The van der Waals surface area contributed by atoms with E-state index < -0.39 is 15.7 Å². The Bertz CT molecular complexity index is 863. The second-order valence-electron chi connectivity index (χ2n) is 4.94. The Morgan fingerprint density at radius 2 is 1.58 bits per heavy atom. The van der Waals surface area contributed by atoms with Gasteiger partial charge in [0, 0.05) is 24.0 Å². The van der Waals surface area contributed by atoms with E-state index >= 15 is 0 Å². The number of benzene rings is 2. The van der Waals surface area contributed by atoms with E-state index in [2.05, 4.69) is 5.32 Å². The fourth-order valence-electron chi connectivity index (χ4n) is 2.00. The van der Waals surface area contributed by atoms with E-state index in [0.29, 0.717) is 22.7 Å². The molecular weight excluding hydrogens is 354 g/mol. The van der Waals surface area contributed by atoms with Crippen LogP contribution in [0.3, 0.4) is 0 Å². The van der Waals surface area contributed by atoms with E-state index in [1.165, 1.54) is 44.6 Å². The van der Waals surface area contributed by atoms with E-state index in [-0.39, 0.29) is 9.92 Å². The largest absolute Gasteiger partial charge is 0.493 e. The van der Waals surface area contributed by atoms with Crippen molar-refractivity contribution in [2.45, 2.75) is 4.90 Å². The fraction of sp³-hybridized carbons (Fsp3) is 0.188. The lowest BCUT2D eigenvalue weighted by Crippen LogP contribution is -2.12. The van der Waals surface area contributed by atoms with Crippen LogP contribution in [-0.4, -0.2) is 34.8 Å². The van der Waals surface area contributed by atoms with Crippen LogP contribution < -0.4 is 14.8 Å². The Morgan fingerprint density at radius 1 is 1.04 bits per heavy atom. The zero-order chi connectivity index (χ0) is 17.9. The molecule has 128 valence electrons. The number of carbonyl (C=O) groups excluding carboxylic acids is 1. The van der Waals surface area contributed by atoms with E-state index in [1.807, 2.05) is 0 Å². The van der Waals surface area contributed by atoms with Gasteiger partial charge >= 0.3 is 0 Å². The van der Waals surface area contributed by atoms with E-state index in [0.717, 1.165) is 6.26 Å². The summed E-state index contributed by atoms with van der Waals surface area (Å²) < 4.78 is 33.2. The second-order valence-corrected chi connectivity index (χ2v) is 7.36. The van der Waals surface area contributed by atoms with Crippen LogP contribution in [0.2, 0.25) is 5.02 Å². The van der Waals surface area contributed by atoms with Crippen molar-refractivity contribution in [2.24, 2.45) is 0 Å². The number of nitrogens with one attached hydrogen (secondary N) is 1. The maximum absolute atomic E-state index is 12.3. The average Bonchev–Trinajstić information content (AvgIpc) is 2.55. The molecule has 0 aliphatic carbocycles. The molecule has 0 aliphatic rings. The summed E-state index contributed by atoms with van der Waals surface area (Å²) >= 11 is 6.12.